The summed E-state index contributed by atoms with van der Waals surface area (Å²) in [5.41, 5.74) is 0. The van der Waals surface area contributed by atoms with Gasteiger partial charge in [0.2, 0.25) is 5.95 Å². The third-order valence-electron chi connectivity index (χ3n) is 2.09. The van der Waals surface area contributed by atoms with E-state index in [0.29, 0.717) is 18.5 Å². The Morgan fingerprint density at radius 2 is 2.33 bits per heavy atom. The van der Waals surface area contributed by atoms with E-state index in [1.807, 2.05) is 0 Å². The van der Waals surface area contributed by atoms with Crippen LogP contribution in [-0.4, -0.2) is 38.4 Å². The number of rotatable bonds is 6. The van der Waals surface area contributed by atoms with Crippen molar-refractivity contribution in [3.63, 3.8) is 0 Å². The molecule has 0 aliphatic carbocycles. The average molecular weight is 246 g/mol. The van der Waals surface area contributed by atoms with Gasteiger partial charge in [-0.05, 0) is 12.5 Å². The molecule has 0 atom stereocenters. The minimum atomic E-state index is 0.265. The lowest BCUT2D eigenvalue weighted by molar-refractivity contribution is 0.297. The first kappa shape index (κ1) is 12.0. The normalized spacial score (nSPS) is 10.1. The van der Waals surface area contributed by atoms with Gasteiger partial charge in [-0.15, -0.1) is 6.58 Å². The predicted molar refractivity (Wildman–Crippen MR) is 66.8 cm³/mol. The fraction of sp³-hybridized carbons (Fsp3) is 0.273. The van der Waals surface area contributed by atoms with Crippen LogP contribution in [-0.2, 0) is 0 Å². The first-order chi connectivity index (χ1) is 8.83. The van der Waals surface area contributed by atoms with Crippen LogP contribution in [0.4, 0.5) is 5.95 Å². The highest BCUT2D eigenvalue weighted by molar-refractivity contribution is 5.28. The molecule has 0 radical (unpaired) electrons. The van der Waals surface area contributed by atoms with Crippen molar-refractivity contribution in [2.45, 2.75) is 6.42 Å². The number of anilines is 1. The van der Waals surface area contributed by atoms with Crippen molar-refractivity contribution in [3.05, 3.63) is 31.1 Å². The zero-order chi connectivity index (χ0) is 12.8. The molecule has 7 heteroatoms. The van der Waals surface area contributed by atoms with Crippen LogP contribution in [0, 0.1) is 0 Å². The fourth-order valence-electron chi connectivity index (χ4n) is 1.25. The molecular weight excluding hydrogens is 232 g/mol. The number of nitrogens with one attached hydrogen (secondary N) is 1. The van der Waals surface area contributed by atoms with E-state index in [9.17, 15) is 0 Å². The van der Waals surface area contributed by atoms with Crippen LogP contribution >= 0.6 is 0 Å². The highest BCUT2D eigenvalue weighted by Gasteiger charge is 2.08. The minimum absolute atomic E-state index is 0.265. The first-order valence-electron chi connectivity index (χ1n) is 5.51. The summed E-state index contributed by atoms with van der Waals surface area (Å²) in [7, 11) is 1.73. The summed E-state index contributed by atoms with van der Waals surface area (Å²) in [4.78, 5) is 12.5. The second-order valence-corrected chi connectivity index (χ2v) is 3.37. The van der Waals surface area contributed by atoms with Gasteiger partial charge in [-0.25, -0.2) is 4.68 Å². The molecule has 2 aromatic rings. The van der Waals surface area contributed by atoms with Crippen molar-refractivity contribution in [3.8, 4) is 12.0 Å². The van der Waals surface area contributed by atoms with Crippen LogP contribution in [0.25, 0.3) is 5.95 Å². The van der Waals surface area contributed by atoms with Crippen LogP contribution in [0.5, 0.6) is 6.01 Å². The number of aromatic nitrogens is 5. The topological polar surface area (TPSA) is 77.8 Å². The fourth-order valence-corrected chi connectivity index (χ4v) is 1.25. The van der Waals surface area contributed by atoms with Crippen LogP contribution in [0.1, 0.15) is 6.42 Å². The molecule has 0 saturated heterocycles. The molecule has 1 N–H and O–H groups in total. The van der Waals surface area contributed by atoms with E-state index in [1.165, 1.54) is 0 Å². The summed E-state index contributed by atoms with van der Waals surface area (Å²) in [6.07, 6.45) is 5.91. The summed E-state index contributed by atoms with van der Waals surface area (Å²) in [6, 6.07) is 2.06. The molecule has 0 fully saturated rings. The minimum Gasteiger partial charge on any atom is -0.463 e. The second-order valence-electron chi connectivity index (χ2n) is 3.37. The van der Waals surface area contributed by atoms with Gasteiger partial charge < -0.3 is 10.1 Å². The Bertz CT molecular complexity index is 510. The summed E-state index contributed by atoms with van der Waals surface area (Å²) in [5.74, 6) is 0.844. The van der Waals surface area contributed by atoms with E-state index in [2.05, 4.69) is 31.9 Å². The van der Waals surface area contributed by atoms with Crippen LogP contribution in [0.2, 0.25) is 0 Å². The van der Waals surface area contributed by atoms with Gasteiger partial charge in [0.1, 0.15) is 0 Å². The maximum atomic E-state index is 5.41. The quantitative estimate of drug-likeness (QED) is 0.606. The Balaban J connectivity index is 2.24. The van der Waals surface area contributed by atoms with Crippen molar-refractivity contribution in [1.29, 1.82) is 0 Å². The van der Waals surface area contributed by atoms with E-state index in [0.717, 1.165) is 6.42 Å². The van der Waals surface area contributed by atoms with Gasteiger partial charge >= 0.3 is 6.01 Å². The van der Waals surface area contributed by atoms with Crippen LogP contribution in [0.3, 0.4) is 0 Å². The number of hydrogen-bond acceptors (Lipinski definition) is 6. The monoisotopic (exact) mass is 246 g/mol. The Morgan fingerprint density at radius 3 is 3.00 bits per heavy atom. The lowest BCUT2D eigenvalue weighted by atomic mass is 10.5. The van der Waals surface area contributed by atoms with Gasteiger partial charge in [-0.2, -0.15) is 20.1 Å². The number of hydrogen-bond donors (Lipinski definition) is 1. The maximum absolute atomic E-state index is 5.41. The summed E-state index contributed by atoms with van der Waals surface area (Å²) in [5, 5.41) is 6.92. The van der Waals surface area contributed by atoms with Gasteiger partial charge in [0, 0.05) is 19.4 Å². The largest absolute Gasteiger partial charge is 0.463 e. The molecule has 0 unspecified atom stereocenters. The van der Waals surface area contributed by atoms with Gasteiger partial charge in [-0.1, -0.05) is 6.08 Å². The molecule has 0 spiro atoms. The molecule has 2 aromatic heterocycles. The van der Waals surface area contributed by atoms with Crippen molar-refractivity contribution in [2.75, 3.05) is 19.0 Å². The number of ether oxygens (including phenoxy) is 1. The first-order valence-corrected chi connectivity index (χ1v) is 5.51. The van der Waals surface area contributed by atoms with Crippen molar-refractivity contribution < 1.29 is 4.74 Å². The highest BCUT2D eigenvalue weighted by atomic mass is 16.5. The van der Waals surface area contributed by atoms with E-state index in [4.69, 9.17) is 4.74 Å². The molecule has 0 aliphatic heterocycles. The molecule has 18 heavy (non-hydrogen) atoms. The highest BCUT2D eigenvalue weighted by Crippen LogP contribution is 2.10. The van der Waals surface area contributed by atoms with E-state index in [1.54, 1.807) is 36.3 Å². The van der Waals surface area contributed by atoms with E-state index < -0.39 is 0 Å². The smallest absolute Gasteiger partial charge is 0.323 e. The van der Waals surface area contributed by atoms with Gasteiger partial charge in [-0.3, -0.25) is 0 Å². The standard InChI is InChI=1S/C11H14N6O/c1-3-4-8-18-11-15-9(12-2)14-10(16-11)17-7-5-6-13-17/h3,5-7H,1,4,8H2,2H3,(H,12,14,15,16). The van der Waals surface area contributed by atoms with Crippen LogP contribution in [0.15, 0.2) is 31.1 Å². The second kappa shape index (κ2) is 5.76. The Morgan fingerprint density at radius 1 is 1.44 bits per heavy atom. The Hall–Kier alpha value is -2.44. The molecule has 0 saturated carbocycles. The lowest BCUT2D eigenvalue weighted by Gasteiger charge is -2.07. The SMILES string of the molecule is C=CCCOc1nc(NC)nc(-n2cccn2)n1. The zero-order valence-electron chi connectivity index (χ0n) is 10.1. The van der Waals surface area contributed by atoms with Crippen molar-refractivity contribution >= 4 is 5.95 Å². The van der Waals surface area contributed by atoms with Gasteiger partial charge in [0.05, 0.1) is 6.61 Å². The molecule has 2 heterocycles. The van der Waals surface area contributed by atoms with E-state index in [-0.39, 0.29) is 6.01 Å². The summed E-state index contributed by atoms with van der Waals surface area (Å²) < 4.78 is 6.96. The van der Waals surface area contributed by atoms with Crippen molar-refractivity contribution in [1.82, 2.24) is 24.7 Å². The summed E-state index contributed by atoms with van der Waals surface area (Å²) in [6.45, 7) is 4.11. The predicted octanol–water partition coefficient (Wildman–Crippen LogP) is 1.05. The lowest BCUT2D eigenvalue weighted by Crippen LogP contribution is -2.09. The number of nitrogens with zero attached hydrogens (tertiary/aromatic N) is 5. The van der Waals surface area contributed by atoms with E-state index >= 15 is 0 Å². The molecule has 7 nitrogen and oxygen atoms in total. The third kappa shape index (κ3) is 2.82. The average Bonchev–Trinajstić information content (AvgIpc) is 2.92. The molecular formula is C11H14N6O. The molecule has 0 amide bonds. The molecule has 0 aliphatic rings. The molecule has 0 aromatic carbocycles. The molecule has 2 rings (SSSR count). The van der Waals surface area contributed by atoms with Gasteiger partial charge in [0.15, 0.2) is 0 Å². The maximum Gasteiger partial charge on any atom is 0.323 e. The third-order valence-corrected chi connectivity index (χ3v) is 2.09. The van der Waals surface area contributed by atoms with Crippen molar-refractivity contribution in [2.24, 2.45) is 0 Å². The summed E-state index contributed by atoms with van der Waals surface area (Å²) >= 11 is 0. The zero-order valence-corrected chi connectivity index (χ0v) is 10.1. The Kier molecular flexibility index (Phi) is 3.85. The molecule has 94 valence electrons. The Labute approximate surface area is 105 Å². The molecule has 0 bridgehead atoms. The van der Waals surface area contributed by atoms with Crippen LogP contribution < -0.4 is 10.1 Å². The van der Waals surface area contributed by atoms with Gasteiger partial charge in [0.25, 0.3) is 5.95 Å².